The summed E-state index contributed by atoms with van der Waals surface area (Å²) in [5.74, 6) is -8.43. The maximum absolute atomic E-state index is 14.4. The third-order valence-electron chi connectivity index (χ3n) is 11.1. The van der Waals surface area contributed by atoms with Crippen LogP contribution < -0.4 is 38.1 Å². The number of carbonyl (C=O) groups is 9. The van der Waals surface area contributed by atoms with E-state index in [-0.39, 0.29) is 63.3 Å². The third kappa shape index (κ3) is 14.9. The molecule has 0 aliphatic carbocycles. The van der Waals surface area contributed by atoms with Gasteiger partial charge in [0, 0.05) is 25.9 Å². The highest BCUT2D eigenvalue weighted by Crippen LogP contribution is 2.23. The van der Waals surface area contributed by atoms with Gasteiger partial charge in [0.05, 0.1) is 12.7 Å². The van der Waals surface area contributed by atoms with Gasteiger partial charge >= 0.3 is 5.97 Å². The molecule has 2 saturated heterocycles. The maximum atomic E-state index is 14.4. The van der Waals surface area contributed by atoms with Gasteiger partial charge in [0.15, 0.2) is 0 Å². The summed E-state index contributed by atoms with van der Waals surface area (Å²) in [6.45, 7) is 7.56. The monoisotopic (exact) mass is 903 g/mol. The number of aliphatic carboxylic acids is 1. The first-order chi connectivity index (χ1) is 30.0. The minimum Gasteiger partial charge on any atom is -0.508 e. The molecule has 1 aromatic rings. The van der Waals surface area contributed by atoms with Crippen molar-refractivity contribution in [3.63, 3.8) is 0 Å². The van der Waals surface area contributed by atoms with Gasteiger partial charge in [0.25, 0.3) is 0 Å². The highest BCUT2D eigenvalue weighted by atomic mass is 16.4. The van der Waals surface area contributed by atoms with Crippen molar-refractivity contribution < 1.29 is 63.6 Å². The molecule has 2 fully saturated rings. The Labute approximate surface area is 371 Å². The van der Waals surface area contributed by atoms with E-state index in [2.05, 4.69) is 26.6 Å². The molecule has 9 atom stereocenters. The van der Waals surface area contributed by atoms with E-state index in [1.54, 1.807) is 26.0 Å². The molecule has 64 heavy (non-hydrogen) atoms. The molecule has 3 rings (SSSR count). The number of hydrogen-bond acceptors (Lipinski definition) is 13. The normalized spacial score (nSPS) is 19.4. The molecule has 0 bridgehead atoms. The van der Waals surface area contributed by atoms with Gasteiger partial charge in [-0.1, -0.05) is 39.8 Å². The van der Waals surface area contributed by atoms with Crippen LogP contribution in [0.2, 0.25) is 0 Å². The van der Waals surface area contributed by atoms with Crippen LogP contribution >= 0.6 is 0 Å². The number of carboxylic acid groups (broad SMARTS) is 1. The Balaban J connectivity index is 1.85. The number of carbonyl (C=O) groups excluding carboxylic acids is 8. The fraction of sp³-hybridized carbons (Fsp3) is 0.643. The number of nitrogens with zero attached hydrogens (tertiary/aromatic N) is 2. The minimum absolute atomic E-state index is 0.0372. The van der Waals surface area contributed by atoms with Crippen LogP contribution in [0.5, 0.6) is 5.75 Å². The lowest BCUT2D eigenvalue weighted by Crippen LogP contribution is -2.61. The Morgan fingerprint density at radius 1 is 0.719 bits per heavy atom. The van der Waals surface area contributed by atoms with E-state index in [1.165, 1.54) is 28.9 Å². The van der Waals surface area contributed by atoms with Crippen molar-refractivity contribution in [1.29, 1.82) is 0 Å². The number of nitrogens with one attached hydrogen (secondary N) is 5. The number of hydrogen-bond donors (Lipinski definition) is 11. The number of nitrogens with two attached hydrogens (primary N) is 2. The van der Waals surface area contributed by atoms with Gasteiger partial charge < -0.3 is 68.3 Å². The number of benzene rings is 1. The molecule has 22 nitrogen and oxygen atoms in total. The van der Waals surface area contributed by atoms with Crippen molar-refractivity contribution in [1.82, 2.24) is 36.4 Å². The number of aromatic hydroxyl groups is 1. The Bertz CT molecular complexity index is 1840. The Morgan fingerprint density at radius 2 is 1.23 bits per heavy atom. The van der Waals surface area contributed by atoms with Crippen molar-refractivity contribution in [2.45, 2.75) is 140 Å². The topological polar surface area (TPSA) is 353 Å². The largest absolute Gasteiger partial charge is 0.508 e. The van der Waals surface area contributed by atoms with Gasteiger partial charge in [-0.25, -0.2) is 4.79 Å². The van der Waals surface area contributed by atoms with Gasteiger partial charge in [-0.3, -0.25) is 38.4 Å². The standard InChI is InChI=1S/C42H65N9O13/c1-21(2)18-29(47-36(57)28(19-24-10-12-25(54)13-11-24)46-38(59)30-8-6-16-50(30)40(61)26(43)20-52)41(62)51-17-7-9-31(51)37(58)45-27(14-15-32(44)55)35(56)49-34(23(5)53)39(60)48-33(22(3)4)42(63)64/h10-13,21-23,26-31,33-34,52-54H,6-9,14-20,43H2,1-5H3,(H2,44,55)(H,45,58)(H,46,59)(H,47,57)(H,48,60)(H,49,56)(H,63,64)/t23-,26+,27+,28+,29+,30-,31+,33+,34+/m1/s1. The predicted molar refractivity (Wildman–Crippen MR) is 228 cm³/mol. The summed E-state index contributed by atoms with van der Waals surface area (Å²) >= 11 is 0. The molecule has 13 N–H and O–H groups in total. The molecule has 2 aliphatic rings. The fourth-order valence-corrected chi connectivity index (χ4v) is 7.65. The number of primary amides is 1. The lowest BCUT2D eigenvalue weighted by molar-refractivity contribution is -0.144. The van der Waals surface area contributed by atoms with Crippen molar-refractivity contribution in [3.05, 3.63) is 29.8 Å². The highest BCUT2D eigenvalue weighted by molar-refractivity contribution is 5.98. The Kier molecular flexibility index (Phi) is 19.9. The molecule has 0 saturated carbocycles. The summed E-state index contributed by atoms with van der Waals surface area (Å²) in [5.41, 5.74) is 11.6. The SMILES string of the molecule is CC(C)C[C@H](NC(=O)[C@H](Cc1ccc(O)cc1)NC(=O)[C@H]1CCCN1C(=O)[C@@H](N)CO)C(=O)N1CCC[C@H]1C(=O)N[C@@H](CCC(N)=O)C(=O)N[C@H](C(=O)N[C@H](C(=O)O)C(C)C)[C@@H](C)O. The van der Waals surface area contributed by atoms with E-state index >= 15 is 0 Å². The van der Waals surface area contributed by atoms with Crippen LogP contribution in [0.25, 0.3) is 0 Å². The predicted octanol–water partition coefficient (Wildman–Crippen LogP) is -2.91. The van der Waals surface area contributed by atoms with E-state index in [1.807, 2.05) is 13.8 Å². The molecule has 0 radical (unpaired) electrons. The lowest BCUT2D eigenvalue weighted by atomic mass is 10.00. The molecular weight excluding hydrogens is 839 g/mol. The van der Waals surface area contributed by atoms with Gasteiger partial charge in [-0.15, -0.1) is 0 Å². The highest BCUT2D eigenvalue weighted by Gasteiger charge is 2.42. The van der Waals surface area contributed by atoms with Crippen LogP contribution in [0.1, 0.15) is 85.1 Å². The van der Waals surface area contributed by atoms with E-state index in [0.29, 0.717) is 18.4 Å². The number of rotatable bonds is 23. The maximum Gasteiger partial charge on any atom is 0.326 e. The molecule has 1 aromatic carbocycles. The summed E-state index contributed by atoms with van der Waals surface area (Å²) in [6, 6.07) is -4.53. The first kappa shape index (κ1) is 52.5. The Hall–Kier alpha value is -5.87. The van der Waals surface area contributed by atoms with Crippen LogP contribution in [0.15, 0.2) is 24.3 Å². The van der Waals surface area contributed by atoms with Crippen LogP contribution in [-0.2, 0) is 49.6 Å². The number of carboxylic acids is 1. The lowest BCUT2D eigenvalue weighted by Gasteiger charge is -2.32. The molecular formula is C42H65N9O13. The van der Waals surface area contributed by atoms with E-state index in [9.17, 15) is 63.6 Å². The summed E-state index contributed by atoms with van der Waals surface area (Å²) < 4.78 is 0. The molecule has 2 aliphatic heterocycles. The molecule has 0 aromatic heterocycles. The van der Waals surface area contributed by atoms with Crippen LogP contribution in [-0.4, -0.2) is 158 Å². The summed E-state index contributed by atoms with van der Waals surface area (Å²) in [7, 11) is 0. The number of likely N-dealkylation sites (tertiary alicyclic amines) is 2. The Morgan fingerprint density at radius 3 is 1.72 bits per heavy atom. The summed E-state index contributed by atoms with van der Waals surface area (Å²) in [4.78, 5) is 122. The van der Waals surface area contributed by atoms with Crippen molar-refractivity contribution in [2.24, 2.45) is 23.3 Å². The van der Waals surface area contributed by atoms with E-state index < -0.39 is 120 Å². The number of amides is 8. The number of aliphatic hydroxyl groups excluding tert-OH is 2. The number of phenols is 1. The zero-order valence-corrected chi connectivity index (χ0v) is 37.0. The number of phenolic OH excluding ortho intramolecular Hbond substituents is 1. The zero-order chi connectivity index (χ0) is 48.0. The average Bonchev–Trinajstić information content (AvgIpc) is 3.93. The van der Waals surface area contributed by atoms with Crippen molar-refractivity contribution in [3.8, 4) is 5.75 Å². The van der Waals surface area contributed by atoms with Crippen LogP contribution in [0.4, 0.5) is 0 Å². The van der Waals surface area contributed by atoms with Gasteiger partial charge in [0.2, 0.25) is 47.3 Å². The van der Waals surface area contributed by atoms with Crippen LogP contribution in [0.3, 0.4) is 0 Å². The summed E-state index contributed by atoms with van der Waals surface area (Å²) in [5, 5.41) is 51.9. The van der Waals surface area contributed by atoms with Gasteiger partial charge in [-0.2, -0.15) is 0 Å². The molecule has 22 heteroatoms. The first-order valence-electron chi connectivity index (χ1n) is 21.5. The smallest absolute Gasteiger partial charge is 0.326 e. The van der Waals surface area contributed by atoms with Gasteiger partial charge in [-0.05, 0) is 75.0 Å². The second-order valence-electron chi connectivity index (χ2n) is 17.2. The average molecular weight is 904 g/mol. The molecule has 0 spiro atoms. The second-order valence-corrected chi connectivity index (χ2v) is 17.2. The molecule has 0 unspecified atom stereocenters. The molecule has 2 heterocycles. The minimum atomic E-state index is -1.67. The molecule has 356 valence electrons. The molecule has 8 amide bonds. The van der Waals surface area contributed by atoms with E-state index in [0.717, 1.165) is 0 Å². The zero-order valence-electron chi connectivity index (χ0n) is 37.0. The third-order valence-corrected chi connectivity index (χ3v) is 11.1. The second kappa shape index (κ2) is 24.3. The van der Waals surface area contributed by atoms with Crippen molar-refractivity contribution >= 4 is 53.2 Å². The van der Waals surface area contributed by atoms with E-state index in [4.69, 9.17) is 11.5 Å². The van der Waals surface area contributed by atoms with Crippen molar-refractivity contribution in [2.75, 3.05) is 19.7 Å². The number of aliphatic hydroxyl groups is 2. The van der Waals surface area contributed by atoms with Gasteiger partial charge in [0.1, 0.15) is 54.1 Å². The first-order valence-corrected chi connectivity index (χ1v) is 21.5. The quantitative estimate of drug-likeness (QED) is 0.0525. The van der Waals surface area contributed by atoms with Crippen LogP contribution in [0, 0.1) is 11.8 Å². The fourth-order valence-electron chi connectivity index (χ4n) is 7.65. The summed E-state index contributed by atoms with van der Waals surface area (Å²) in [6.07, 6.45) is -1.01.